The van der Waals surface area contributed by atoms with Crippen molar-refractivity contribution in [3.63, 3.8) is 0 Å². The molecule has 0 aromatic carbocycles. The van der Waals surface area contributed by atoms with Gasteiger partial charge in [-0.25, -0.2) is 4.98 Å². The molecule has 2 aliphatic heterocycles. The van der Waals surface area contributed by atoms with E-state index in [4.69, 9.17) is 5.11 Å². The third-order valence-electron chi connectivity index (χ3n) is 6.94. The summed E-state index contributed by atoms with van der Waals surface area (Å²) in [6.07, 6.45) is -3.67. The third kappa shape index (κ3) is 3.12. The number of halogens is 3. The molecule has 7 nitrogen and oxygen atoms in total. The molecule has 2 unspecified atom stereocenters. The van der Waals surface area contributed by atoms with Crippen LogP contribution in [0.15, 0.2) is 0 Å². The SMILES string of the molecule is C[C@H]1[C@H](O)CN1c1nc(N2CC3C(CC(=O)O)C3C2)c(C2CC2)c(C(F)(F)F)n1. The summed E-state index contributed by atoms with van der Waals surface area (Å²) in [7, 11) is 0. The number of anilines is 2. The van der Waals surface area contributed by atoms with Gasteiger partial charge in [0.15, 0.2) is 5.69 Å². The molecular weight excluding hydrogens is 389 g/mol. The normalized spacial score (nSPS) is 33.5. The van der Waals surface area contributed by atoms with Crippen LogP contribution in [0.25, 0.3) is 0 Å². The summed E-state index contributed by atoms with van der Waals surface area (Å²) in [5, 5.41) is 18.8. The zero-order chi connectivity index (χ0) is 20.7. The van der Waals surface area contributed by atoms with Crippen molar-refractivity contribution in [2.24, 2.45) is 17.8 Å². The summed E-state index contributed by atoms with van der Waals surface area (Å²) in [5.41, 5.74) is -0.678. The Morgan fingerprint density at radius 1 is 1.17 bits per heavy atom. The highest BCUT2D eigenvalue weighted by Crippen LogP contribution is 2.56. The van der Waals surface area contributed by atoms with E-state index in [0.717, 1.165) is 0 Å². The van der Waals surface area contributed by atoms with Gasteiger partial charge in [-0.2, -0.15) is 18.2 Å². The van der Waals surface area contributed by atoms with Crippen LogP contribution in [0, 0.1) is 17.8 Å². The summed E-state index contributed by atoms with van der Waals surface area (Å²) in [6.45, 7) is 3.02. The Hall–Kier alpha value is -2.10. The first-order valence-electron chi connectivity index (χ1n) is 10.1. The first-order valence-corrected chi connectivity index (χ1v) is 10.1. The van der Waals surface area contributed by atoms with Gasteiger partial charge < -0.3 is 20.0 Å². The smallest absolute Gasteiger partial charge is 0.433 e. The molecule has 3 heterocycles. The van der Waals surface area contributed by atoms with Crippen molar-refractivity contribution in [1.29, 1.82) is 0 Å². The van der Waals surface area contributed by atoms with E-state index in [2.05, 4.69) is 9.97 Å². The number of aliphatic hydroxyl groups is 1. The highest BCUT2D eigenvalue weighted by molar-refractivity contribution is 5.68. The number of aromatic nitrogens is 2. The van der Waals surface area contributed by atoms with Gasteiger partial charge in [0.25, 0.3) is 0 Å². The first-order chi connectivity index (χ1) is 13.6. The van der Waals surface area contributed by atoms with E-state index in [1.807, 2.05) is 4.90 Å². The number of carboxylic acids is 1. The van der Waals surface area contributed by atoms with Gasteiger partial charge in [0, 0.05) is 31.6 Å². The lowest BCUT2D eigenvalue weighted by molar-refractivity contribution is -0.142. The Bertz CT molecular complexity index is 848. The number of hydrogen-bond donors (Lipinski definition) is 2. The molecule has 2 saturated carbocycles. The molecule has 2 N–H and O–H groups in total. The second-order valence-electron chi connectivity index (χ2n) is 8.84. The summed E-state index contributed by atoms with van der Waals surface area (Å²) in [6, 6.07) is -0.331. The van der Waals surface area contributed by atoms with Crippen LogP contribution in [-0.2, 0) is 11.0 Å². The van der Waals surface area contributed by atoms with Crippen LogP contribution in [0.2, 0.25) is 0 Å². The van der Waals surface area contributed by atoms with E-state index in [9.17, 15) is 23.1 Å². The number of aliphatic carboxylic acids is 1. The molecule has 4 fully saturated rings. The van der Waals surface area contributed by atoms with Crippen molar-refractivity contribution in [2.75, 3.05) is 29.4 Å². The number of hydrogen-bond acceptors (Lipinski definition) is 6. The van der Waals surface area contributed by atoms with Crippen LogP contribution in [0.1, 0.15) is 43.4 Å². The molecule has 0 radical (unpaired) electrons. The lowest BCUT2D eigenvalue weighted by atomic mass is 10.0. The second-order valence-corrected chi connectivity index (χ2v) is 8.84. The Kier molecular flexibility index (Phi) is 4.04. The fourth-order valence-corrected chi connectivity index (χ4v) is 4.96. The molecule has 2 aliphatic carbocycles. The number of piperidine rings is 1. The highest BCUT2D eigenvalue weighted by atomic mass is 19.4. The van der Waals surface area contributed by atoms with Crippen molar-refractivity contribution >= 4 is 17.7 Å². The average Bonchev–Trinajstić information content (AvgIpc) is 3.55. The van der Waals surface area contributed by atoms with Crippen molar-refractivity contribution in [3.8, 4) is 0 Å². The van der Waals surface area contributed by atoms with E-state index >= 15 is 0 Å². The lowest BCUT2D eigenvalue weighted by Crippen LogP contribution is -2.59. The maximum Gasteiger partial charge on any atom is 0.433 e. The predicted molar refractivity (Wildman–Crippen MR) is 96.8 cm³/mol. The highest BCUT2D eigenvalue weighted by Gasteiger charge is 2.57. The molecule has 0 bridgehead atoms. The minimum atomic E-state index is -4.58. The van der Waals surface area contributed by atoms with Crippen LogP contribution in [0.4, 0.5) is 24.9 Å². The summed E-state index contributed by atoms with van der Waals surface area (Å²) < 4.78 is 41.7. The quantitative estimate of drug-likeness (QED) is 0.766. The largest absolute Gasteiger partial charge is 0.481 e. The molecule has 1 aromatic heterocycles. The van der Waals surface area contributed by atoms with E-state index < -0.39 is 23.9 Å². The molecular formula is C19H23F3N4O3. The van der Waals surface area contributed by atoms with Gasteiger partial charge >= 0.3 is 12.1 Å². The Morgan fingerprint density at radius 3 is 2.31 bits per heavy atom. The Morgan fingerprint density at radius 2 is 1.83 bits per heavy atom. The average molecular weight is 412 g/mol. The molecule has 2 saturated heterocycles. The minimum absolute atomic E-state index is 0.0113. The maximum absolute atomic E-state index is 13.9. The molecule has 158 valence electrons. The maximum atomic E-state index is 13.9. The van der Waals surface area contributed by atoms with Gasteiger partial charge in [0.05, 0.1) is 12.1 Å². The molecule has 29 heavy (non-hydrogen) atoms. The number of carboxylic acid groups (broad SMARTS) is 1. The number of carbonyl (C=O) groups is 1. The molecule has 1 aromatic rings. The topological polar surface area (TPSA) is 89.8 Å². The van der Waals surface area contributed by atoms with Crippen LogP contribution in [-0.4, -0.2) is 57.9 Å². The molecule has 5 rings (SSSR count). The van der Waals surface area contributed by atoms with E-state index in [1.165, 1.54) is 0 Å². The van der Waals surface area contributed by atoms with Gasteiger partial charge in [0.1, 0.15) is 5.82 Å². The van der Waals surface area contributed by atoms with Crippen LogP contribution in [0.3, 0.4) is 0 Å². The van der Waals surface area contributed by atoms with Gasteiger partial charge in [0.2, 0.25) is 5.95 Å². The van der Waals surface area contributed by atoms with Crippen LogP contribution < -0.4 is 9.80 Å². The van der Waals surface area contributed by atoms with Crippen molar-refractivity contribution < 1.29 is 28.2 Å². The molecule has 10 heteroatoms. The summed E-state index contributed by atoms with van der Waals surface area (Å²) in [4.78, 5) is 22.9. The zero-order valence-corrected chi connectivity index (χ0v) is 15.9. The monoisotopic (exact) mass is 412 g/mol. The number of β-amino-alcohol motifs (C(OH)–C–C–N with tert-alkyl or cyclic N) is 1. The standard InChI is InChI=1S/C19H23F3N4O3/c1-8-13(27)7-26(8)18-23-16(19(20,21)22)15(9-2-3-9)17(24-18)25-5-11-10(4-14(28)29)12(11)6-25/h8-13,27H,2-7H2,1H3,(H,28,29)/t8-,10?,11?,12?,13+/m0/s1. The van der Waals surface area contributed by atoms with E-state index in [-0.39, 0.29) is 54.2 Å². The van der Waals surface area contributed by atoms with Gasteiger partial charge in [-0.15, -0.1) is 0 Å². The lowest BCUT2D eigenvalue weighted by Gasteiger charge is -2.43. The Balaban J connectivity index is 1.50. The van der Waals surface area contributed by atoms with E-state index in [0.29, 0.717) is 31.7 Å². The van der Waals surface area contributed by atoms with Crippen molar-refractivity contribution in [1.82, 2.24) is 9.97 Å². The number of nitrogens with zero attached hydrogens (tertiary/aromatic N) is 4. The predicted octanol–water partition coefficient (Wildman–Crippen LogP) is 2.10. The number of alkyl halides is 3. The molecule has 0 amide bonds. The first kappa shape index (κ1) is 18.9. The van der Waals surface area contributed by atoms with Gasteiger partial charge in [-0.3, -0.25) is 4.79 Å². The third-order valence-corrected chi connectivity index (χ3v) is 6.94. The fraction of sp³-hybridized carbons (Fsp3) is 0.737. The zero-order valence-electron chi connectivity index (χ0n) is 15.9. The van der Waals surface area contributed by atoms with Gasteiger partial charge in [-0.1, -0.05) is 0 Å². The van der Waals surface area contributed by atoms with Crippen LogP contribution in [0.5, 0.6) is 0 Å². The minimum Gasteiger partial charge on any atom is -0.481 e. The number of fused-ring (bicyclic) bond motifs is 1. The Labute approximate surface area is 165 Å². The summed E-state index contributed by atoms with van der Waals surface area (Å²) in [5.74, 6) is -0.129. The van der Waals surface area contributed by atoms with Crippen molar-refractivity contribution in [2.45, 2.75) is 50.4 Å². The second kappa shape index (κ2) is 6.20. The fourth-order valence-electron chi connectivity index (χ4n) is 4.96. The molecule has 4 atom stereocenters. The van der Waals surface area contributed by atoms with E-state index in [1.54, 1.807) is 11.8 Å². The van der Waals surface area contributed by atoms with Gasteiger partial charge in [-0.05, 0) is 43.4 Å². The molecule has 0 spiro atoms. The molecule has 4 aliphatic rings. The van der Waals surface area contributed by atoms with Crippen LogP contribution >= 0.6 is 0 Å². The number of aliphatic hydroxyl groups excluding tert-OH is 1. The summed E-state index contributed by atoms with van der Waals surface area (Å²) >= 11 is 0. The number of rotatable bonds is 5. The van der Waals surface area contributed by atoms with Crippen molar-refractivity contribution in [3.05, 3.63) is 11.3 Å².